The van der Waals surface area contributed by atoms with E-state index in [1.165, 1.54) is 31.2 Å². The van der Waals surface area contributed by atoms with Gasteiger partial charge in [0.1, 0.15) is 0 Å². The van der Waals surface area contributed by atoms with Crippen LogP contribution in [0.15, 0.2) is 30.3 Å². The fourth-order valence-electron chi connectivity index (χ4n) is 2.94. The minimum Gasteiger partial charge on any atom is -0.373 e. The molecule has 0 spiro atoms. The molecule has 0 saturated heterocycles. The molecule has 80 valence electrons. The molecule has 2 aliphatic carbocycles. The number of hydrogen-bond acceptors (Lipinski definition) is 1. The molecule has 3 rings (SSSR count). The van der Waals surface area contributed by atoms with Crippen LogP contribution in [0.5, 0.6) is 0 Å². The van der Waals surface area contributed by atoms with Crippen molar-refractivity contribution in [2.24, 2.45) is 11.8 Å². The minimum absolute atomic E-state index is 0.590. The van der Waals surface area contributed by atoms with Crippen molar-refractivity contribution in [1.29, 1.82) is 0 Å². The maximum atomic E-state index is 5.99. The molecule has 1 heteroatoms. The van der Waals surface area contributed by atoms with Gasteiger partial charge in [-0.3, -0.25) is 0 Å². The fraction of sp³-hybridized carbons (Fsp3) is 0.571. The summed E-state index contributed by atoms with van der Waals surface area (Å²) >= 11 is 0. The first-order valence-electron chi connectivity index (χ1n) is 6.11. The SMILES string of the molecule is c1ccc(COC2[C@H]3CCCC[C@@H]23)cc1. The van der Waals surface area contributed by atoms with Crippen molar-refractivity contribution in [3.8, 4) is 0 Å². The monoisotopic (exact) mass is 202 g/mol. The first-order valence-corrected chi connectivity index (χ1v) is 6.11. The van der Waals surface area contributed by atoms with E-state index in [1.54, 1.807) is 0 Å². The van der Waals surface area contributed by atoms with Gasteiger partial charge < -0.3 is 4.74 Å². The van der Waals surface area contributed by atoms with Crippen molar-refractivity contribution in [1.82, 2.24) is 0 Å². The van der Waals surface area contributed by atoms with E-state index in [-0.39, 0.29) is 0 Å². The average Bonchev–Trinajstić information content (AvgIpc) is 3.01. The van der Waals surface area contributed by atoms with Crippen LogP contribution in [0.2, 0.25) is 0 Å². The summed E-state index contributed by atoms with van der Waals surface area (Å²) in [5.74, 6) is 1.81. The van der Waals surface area contributed by atoms with Crippen molar-refractivity contribution in [2.45, 2.75) is 38.4 Å². The predicted molar refractivity (Wildman–Crippen MR) is 60.5 cm³/mol. The third-order valence-corrected chi connectivity index (χ3v) is 3.86. The quantitative estimate of drug-likeness (QED) is 0.730. The normalized spacial score (nSPS) is 33.5. The summed E-state index contributed by atoms with van der Waals surface area (Å²) in [5, 5.41) is 0. The summed E-state index contributed by atoms with van der Waals surface area (Å²) in [5.41, 5.74) is 1.31. The van der Waals surface area contributed by atoms with Crippen LogP contribution >= 0.6 is 0 Å². The van der Waals surface area contributed by atoms with Crippen molar-refractivity contribution >= 4 is 0 Å². The van der Waals surface area contributed by atoms with E-state index >= 15 is 0 Å². The second-order valence-electron chi connectivity index (χ2n) is 4.87. The smallest absolute Gasteiger partial charge is 0.0720 e. The molecule has 2 fully saturated rings. The Labute approximate surface area is 91.5 Å². The van der Waals surface area contributed by atoms with Gasteiger partial charge in [-0.1, -0.05) is 43.2 Å². The number of benzene rings is 1. The van der Waals surface area contributed by atoms with E-state index in [9.17, 15) is 0 Å². The summed E-state index contributed by atoms with van der Waals surface area (Å²) in [7, 11) is 0. The average molecular weight is 202 g/mol. The van der Waals surface area contributed by atoms with Gasteiger partial charge in [-0.05, 0) is 30.2 Å². The predicted octanol–water partition coefficient (Wildman–Crippen LogP) is 3.39. The van der Waals surface area contributed by atoms with Crippen LogP contribution in [-0.4, -0.2) is 6.10 Å². The maximum Gasteiger partial charge on any atom is 0.0720 e. The van der Waals surface area contributed by atoms with Crippen molar-refractivity contribution in [2.75, 3.05) is 0 Å². The molecule has 0 aromatic heterocycles. The van der Waals surface area contributed by atoms with Gasteiger partial charge in [-0.2, -0.15) is 0 Å². The topological polar surface area (TPSA) is 9.23 Å². The highest BCUT2D eigenvalue weighted by atomic mass is 16.5. The highest BCUT2D eigenvalue weighted by Gasteiger charge is 2.51. The Hall–Kier alpha value is -0.820. The summed E-state index contributed by atoms with van der Waals surface area (Å²) in [6.07, 6.45) is 6.25. The van der Waals surface area contributed by atoms with Gasteiger partial charge in [0.2, 0.25) is 0 Å². The van der Waals surface area contributed by atoms with E-state index in [0.717, 1.165) is 18.4 Å². The minimum atomic E-state index is 0.590. The van der Waals surface area contributed by atoms with E-state index in [1.807, 2.05) is 0 Å². The van der Waals surface area contributed by atoms with Crippen LogP contribution in [0.4, 0.5) is 0 Å². The Morgan fingerprint density at radius 2 is 1.67 bits per heavy atom. The lowest BCUT2D eigenvalue weighted by Gasteiger charge is -2.04. The standard InChI is InChI=1S/C14H18O/c1-2-6-11(7-3-1)10-15-14-12-8-4-5-9-13(12)14/h1-3,6-7,12-14H,4-5,8-10H2/t12-,13+,14?. The zero-order chi connectivity index (χ0) is 10.1. The van der Waals surface area contributed by atoms with Gasteiger partial charge in [0.25, 0.3) is 0 Å². The van der Waals surface area contributed by atoms with E-state index in [0.29, 0.717) is 6.10 Å². The molecule has 0 aliphatic heterocycles. The van der Waals surface area contributed by atoms with Crippen molar-refractivity contribution in [3.63, 3.8) is 0 Å². The Morgan fingerprint density at radius 3 is 2.33 bits per heavy atom. The molecule has 0 amide bonds. The zero-order valence-corrected chi connectivity index (χ0v) is 9.06. The lowest BCUT2D eigenvalue weighted by Crippen LogP contribution is -1.98. The van der Waals surface area contributed by atoms with Gasteiger partial charge in [0.15, 0.2) is 0 Å². The van der Waals surface area contributed by atoms with Gasteiger partial charge in [-0.25, -0.2) is 0 Å². The molecule has 1 aromatic rings. The molecule has 1 nitrogen and oxygen atoms in total. The van der Waals surface area contributed by atoms with Gasteiger partial charge in [-0.15, -0.1) is 0 Å². The molecule has 2 aliphatic rings. The van der Waals surface area contributed by atoms with E-state index in [2.05, 4.69) is 30.3 Å². The Morgan fingerprint density at radius 1 is 1.00 bits per heavy atom. The zero-order valence-electron chi connectivity index (χ0n) is 9.06. The van der Waals surface area contributed by atoms with E-state index in [4.69, 9.17) is 4.74 Å². The highest BCUT2D eigenvalue weighted by molar-refractivity contribution is 5.14. The Balaban J connectivity index is 1.51. The first-order chi connectivity index (χ1) is 7.45. The van der Waals surface area contributed by atoms with Gasteiger partial charge in [0.05, 0.1) is 12.7 Å². The molecule has 2 saturated carbocycles. The molecule has 0 heterocycles. The highest BCUT2D eigenvalue weighted by Crippen LogP contribution is 2.51. The number of fused-ring (bicyclic) bond motifs is 1. The third-order valence-electron chi connectivity index (χ3n) is 3.86. The molecule has 0 bridgehead atoms. The molecule has 1 unspecified atom stereocenters. The lowest BCUT2D eigenvalue weighted by atomic mass is 10.0. The second kappa shape index (κ2) is 3.97. The molecular weight excluding hydrogens is 184 g/mol. The first kappa shape index (κ1) is 9.41. The molecule has 15 heavy (non-hydrogen) atoms. The maximum absolute atomic E-state index is 5.99. The van der Waals surface area contributed by atoms with Crippen LogP contribution in [0, 0.1) is 11.8 Å². The van der Waals surface area contributed by atoms with Crippen LogP contribution in [-0.2, 0) is 11.3 Å². The van der Waals surface area contributed by atoms with E-state index < -0.39 is 0 Å². The van der Waals surface area contributed by atoms with Gasteiger partial charge in [0, 0.05) is 0 Å². The summed E-state index contributed by atoms with van der Waals surface area (Å²) in [6.45, 7) is 0.804. The Bertz CT molecular complexity index is 307. The largest absolute Gasteiger partial charge is 0.373 e. The van der Waals surface area contributed by atoms with Crippen LogP contribution < -0.4 is 0 Å². The van der Waals surface area contributed by atoms with Crippen molar-refractivity contribution < 1.29 is 4.74 Å². The summed E-state index contributed by atoms with van der Waals surface area (Å²) in [6, 6.07) is 10.5. The second-order valence-corrected chi connectivity index (χ2v) is 4.87. The lowest BCUT2D eigenvalue weighted by molar-refractivity contribution is 0.0881. The molecule has 0 radical (unpaired) electrons. The molecule has 1 aromatic carbocycles. The number of rotatable bonds is 3. The summed E-state index contributed by atoms with van der Waals surface area (Å²) < 4.78 is 5.99. The molecule has 0 N–H and O–H groups in total. The Kier molecular flexibility index (Phi) is 2.49. The fourth-order valence-corrected chi connectivity index (χ4v) is 2.94. The summed E-state index contributed by atoms with van der Waals surface area (Å²) in [4.78, 5) is 0. The van der Waals surface area contributed by atoms with Gasteiger partial charge >= 0.3 is 0 Å². The van der Waals surface area contributed by atoms with Crippen LogP contribution in [0.25, 0.3) is 0 Å². The van der Waals surface area contributed by atoms with Crippen LogP contribution in [0.3, 0.4) is 0 Å². The third kappa shape index (κ3) is 1.93. The molecular formula is C14H18O. The number of hydrogen-bond donors (Lipinski definition) is 0. The van der Waals surface area contributed by atoms with Crippen LogP contribution in [0.1, 0.15) is 31.2 Å². The molecule has 3 atom stereocenters. The van der Waals surface area contributed by atoms with Crippen molar-refractivity contribution in [3.05, 3.63) is 35.9 Å². The number of ether oxygens (including phenoxy) is 1.